The largest absolute Gasteiger partial charge is 0.489 e. The molecule has 32 heavy (non-hydrogen) atoms. The van der Waals surface area contributed by atoms with Gasteiger partial charge in [-0.25, -0.2) is 4.79 Å². The predicted octanol–water partition coefficient (Wildman–Crippen LogP) is 4.92. The zero-order valence-electron chi connectivity index (χ0n) is 17.4. The van der Waals surface area contributed by atoms with Crippen LogP contribution in [0.2, 0.25) is 5.02 Å². The Hall–Kier alpha value is -3.91. The minimum absolute atomic E-state index is 0.0770. The fourth-order valence-corrected chi connectivity index (χ4v) is 2.95. The predicted molar refractivity (Wildman–Crippen MR) is 121 cm³/mol. The lowest BCUT2D eigenvalue weighted by Crippen LogP contribution is -2.15. The van der Waals surface area contributed by atoms with Crippen molar-refractivity contribution in [1.29, 1.82) is 0 Å². The highest BCUT2D eigenvalue weighted by atomic mass is 35.5. The topological polar surface area (TPSA) is 117 Å². The van der Waals surface area contributed by atoms with Crippen LogP contribution in [0.4, 0.5) is 5.69 Å². The summed E-state index contributed by atoms with van der Waals surface area (Å²) in [6.07, 6.45) is 0. The molecule has 0 spiro atoms. The van der Waals surface area contributed by atoms with Crippen LogP contribution in [0.25, 0.3) is 0 Å². The van der Waals surface area contributed by atoms with Crippen LogP contribution in [0.5, 0.6) is 5.75 Å². The third kappa shape index (κ3) is 5.61. The Morgan fingerprint density at radius 1 is 1.03 bits per heavy atom. The first-order chi connectivity index (χ1) is 15.2. The van der Waals surface area contributed by atoms with Crippen LogP contribution >= 0.6 is 11.6 Å². The highest BCUT2D eigenvalue weighted by Crippen LogP contribution is 2.26. The molecular weight excluding hydrogens is 434 g/mol. The molecular formula is C23H20ClN3O5. The summed E-state index contributed by atoms with van der Waals surface area (Å²) < 4.78 is 5.80. The standard InChI is InChI=1S/C23H20ClN3O5/c1-14-11-20(12-15(2)21(14)24)31-13-16-3-5-18(6-4-16)23(28)32-26-22(25)17-7-9-19(10-8-17)27(29)30/h3-12H,13H2,1-2H3,(H2,25,26). The van der Waals surface area contributed by atoms with Crippen LogP contribution in [0, 0.1) is 24.0 Å². The number of nitro benzene ring substituents is 1. The van der Waals surface area contributed by atoms with Crippen molar-refractivity contribution in [3.63, 3.8) is 0 Å². The number of carbonyl (C=O) groups excluding carboxylic acids is 1. The molecule has 0 radical (unpaired) electrons. The molecule has 3 rings (SSSR count). The molecule has 8 nitrogen and oxygen atoms in total. The Morgan fingerprint density at radius 2 is 1.59 bits per heavy atom. The molecule has 0 heterocycles. The number of rotatable bonds is 7. The van der Waals surface area contributed by atoms with Crippen LogP contribution in [0.15, 0.2) is 65.8 Å². The maximum Gasteiger partial charge on any atom is 0.365 e. The lowest BCUT2D eigenvalue weighted by molar-refractivity contribution is -0.384. The molecule has 0 saturated carbocycles. The van der Waals surface area contributed by atoms with Crippen molar-refractivity contribution in [1.82, 2.24) is 0 Å². The normalized spacial score (nSPS) is 11.2. The van der Waals surface area contributed by atoms with Crippen LogP contribution in [-0.2, 0) is 11.4 Å². The fourth-order valence-electron chi connectivity index (χ4n) is 2.84. The van der Waals surface area contributed by atoms with Crippen molar-refractivity contribution in [2.45, 2.75) is 20.5 Å². The first-order valence-corrected chi connectivity index (χ1v) is 9.90. The summed E-state index contributed by atoms with van der Waals surface area (Å²) >= 11 is 6.17. The van der Waals surface area contributed by atoms with E-state index in [1.54, 1.807) is 24.3 Å². The summed E-state index contributed by atoms with van der Waals surface area (Å²) in [6.45, 7) is 4.15. The van der Waals surface area contributed by atoms with E-state index in [-0.39, 0.29) is 17.1 Å². The summed E-state index contributed by atoms with van der Waals surface area (Å²) in [5, 5.41) is 15.0. The van der Waals surface area contributed by atoms with Gasteiger partial charge in [-0.15, -0.1) is 0 Å². The van der Waals surface area contributed by atoms with Crippen LogP contribution in [0.3, 0.4) is 0 Å². The average Bonchev–Trinajstić information content (AvgIpc) is 2.79. The van der Waals surface area contributed by atoms with Gasteiger partial charge in [0.1, 0.15) is 12.4 Å². The van der Waals surface area contributed by atoms with Gasteiger partial charge in [-0.2, -0.15) is 0 Å². The molecule has 3 aromatic carbocycles. The van der Waals surface area contributed by atoms with Gasteiger partial charge in [0.2, 0.25) is 0 Å². The van der Waals surface area contributed by atoms with Gasteiger partial charge >= 0.3 is 5.97 Å². The third-order valence-corrected chi connectivity index (χ3v) is 5.20. The number of benzene rings is 3. The number of nitrogens with two attached hydrogens (primary N) is 1. The van der Waals surface area contributed by atoms with Crippen LogP contribution in [-0.4, -0.2) is 16.7 Å². The summed E-state index contributed by atoms with van der Waals surface area (Å²) in [5.74, 6) is -0.0537. The fraction of sp³-hybridized carbons (Fsp3) is 0.130. The number of hydrogen-bond acceptors (Lipinski definition) is 6. The summed E-state index contributed by atoms with van der Waals surface area (Å²) in [6, 6.07) is 15.8. The van der Waals surface area contributed by atoms with Gasteiger partial charge < -0.3 is 15.3 Å². The molecule has 0 fully saturated rings. The summed E-state index contributed by atoms with van der Waals surface area (Å²) in [7, 11) is 0. The van der Waals surface area contributed by atoms with Gasteiger partial charge in [0.05, 0.1) is 10.5 Å². The number of oxime groups is 1. The van der Waals surface area contributed by atoms with Crippen LogP contribution < -0.4 is 10.5 Å². The zero-order valence-corrected chi connectivity index (χ0v) is 18.1. The van der Waals surface area contributed by atoms with E-state index in [9.17, 15) is 14.9 Å². The Morgan fingerprint density at radius 3 is 2.16 bits per heavy atom. The molecule has 0 saturated heterocycles. The molecule has 0 aliphatic heterocycles. The third-order valence-electron chi connectivity index (χ3n) is 4.61. The van der Waals surface area contributed by atoms with Crippen molar-refractivity contribution in [3.05, 3.63) is 104 Å². The van der Waals surface area contributed by atoms with E-state index in [0.717, 1.165) is 21.7 Å². The number of aryl methyl sites for hydroxylation is 2. The number of ether oxygens (including phenoxy) is 1. The molecule has 3 aromatic rings. The first-order valence-electron chi connectivity index (χ1n) is 9.52. The SMILES string of the molecule is Cc1cc(OCc2ccc(C(=O)O/N=C(\N)c3ccc([N+](=O)[O-])cc3)cc2)cc(C)c1Cl. The Kier molecular flexibility index (Phi) is 7.07. The number of carbonyl (C=O) groups is 1. The van der Waals surface area contributed by atoms with Crippen molar-refractivity contribution in [2.24, 2.45) is 10.9 Å². The van der Waals surface area contributed by atoms with Crippen molar-refractivity contribution in [2.75, 3.05) is 0 Å². The molecule has 0 aliphatic carbocycles. The minimum atomic E-state index is -0.689. The molecule has 0 aliphatic rings. The van der Waals surface area contributed by atoms with E-state index in [1.165, 1.54) is 24.3 Å². The molecule has 0 aromatic heterocycles. The molecule has 164 valence electrons. The molecule has 2 N–H and O–H groups in total. The number of hydrogen-bond donors (Lipinski definition) is 1. The number of nitro groups is 1. The summed E-state index contributed by atoms with van der Waals surface area (Å²) in [5.41, 5.74) is 9.11. The van der Waals surface area contributed by atoms with E-state index >= 15 is 0 Å². The lowest BCUT2D eigenvalue weighted by atomic mass is 10.1. The first kappa shape index (κ1) is 22.8. The minimum Gasteiger partial charge on any atom is -0.489 e. The zero-order chi connectivity index (χ0) is 23.3. The smallest absolute Gasteiger partial charge is 0.365 e. The number of amidine groups is 1. The molecule has 0 unspecified atom stereocenters. The monoisotopic (exact) mass is 453 g/mol. The Balaban J connectivity index is 1.58. The lowest BCUT2D eigenvalue weighted by Gasteiger charge is -2.10. The van der Waals surface area contributed by atoms with Gasteiger partial charge in [0, 0.05) is 22.7 Å². The number of nitrogens with zero attached hydrogens (tertiary/aromatic N) is 2. The van der Waals surface area contributed by atoms with Crippen molar-refractivity contribution >= 4 is 29.1 Å². The van der Waals surface area contributed by atoms with E-state index < -0.39 is 10.9 Å². The second kappa shape index (κ2) is 9.93. The second-order valence-electron chi connectivity index (χ2n) is 7.02. The van der Waals surface area contributed by atoms with Gasteiger partial charge in [0.25, 0.3) is 5.69 Å². The van der Waals surface area contributed by atoms with E-state index in [0.29, 0.717) is 17.9 Å². The van der Waals surface area contributed by atoms with Gasteiger partial charge in [-0.05, 0) is 66.9 Å². The quantitative estimate of drug-likeness (QED) is 0.178. The van der Waals surface area contributed by atoms with Gasteiger partial charge in [-0.1, -0.05) is 28.9 Å². The highest BCUT2D eigenvalue weighted by Gasteiger charge is 2.10. The Bertz CT molecular complexity index is 1150. The average molecular weight is 454 g/mol. The highest BCUT2D eigenvalue weighted by molar-refractivity contribution is 6.32. The molecule has 0 atom stereocenters. The van der Waals surface area contributed by atoms with Crippen molar-refractivity contribution in [3.8, 4) is 5.75 Å². The number of halogens is 1. The number of non-ortho nitro benzene ring substituents is 1. The van der Waals surface area contributed by atoms with Gasteiger partial charge in [0.15, 0.2) is 5.84 Å². The van der Waals surface area contributed by atoms with Gasteiger partial charge in [-0.3, -0.25) is 10.1 Å². The van der Waals surface area contributed by atoms with Crippen LogP contribution in [0.1, 0.15) is 32.6 Å². The molecule has 0 bridgehead atoms. The summed E-state index contributed by atoms with van der Waals surface area (Å²) in [4.78, 5) is 27.2. The molecule has 9 heteroatoms. The Labute approximate surface area is 189 Å². The maximum absolute atomic E-state index is 12.2. The maximum atomic E-state index is 12.2. The van der Waals surface area contributed by atoms with Crippen molar-refractivity contribution < 1.29 is 19.3 Å². The van der Waals surface area contributed by atoms with E-state index in [1.807, 2.05) is 26.0 Å². The van der Waals surface area contributed by atoms with E-state index in [2.05, 4.69) is 5.16 Å². The molecule has 0 amide bonds. The van der Waals surface area contributed by atoms with E-state index in [4.69, 9.17) is 26.9 Å². The second-order valence-corrected chi connectivity index (χ2v) is 7.39.